The number of rotatable bonds is 5. The van der Waals surface area contributed by atoms with Crippen LogP contribution in [0.3, 0.4) is 0 Å². The fourth-order valence-corrected chi connectivity index (χ4v) is 1.88. The van der Waals surface area contributed by atoms with Crippen molar-refractivity contribution in [1.29, 1.82) is 0 Å². The lowest BCUT2D eigenvalue weighted by atomic mass is 10.1. The molecule has 0 aliphatic carbocycles. The third kappa shape index (κ3) is 4.17. The number of nitrogens with zero attached hydrogens (tertiary/aromatic N) is 2. The molecule has 0 unspecified atom stereocenters. The summed E-state index contributed by atoms with van der Waals surface area (Å²) in [5, 5.41) is 2.80. The first-order valence-electron chi connectivity index (χ1n) is 6.68. The van der Waals surface area contributed by atoms with Crippen molar-refractivity contribution in [2.24, 2.45) is 0 Å². The summed E-state index contributed by atoms with van der Waals surface area (Å²) in [6.45, 7) is 4.53. The quantitative estimate of drug-likeness (QED) is 0.816. The van der Waals surface area contributed by atoms with Crippen LogP contribution in [-0.4, -0.2) is 22.5 Å². The number of aryl methyl sites for hydroxylation is 1. The average Bonchev–Trinajstić information content (AvgIpc) is 2.44. The molecule has 0 spiro atoms. The lowest BCUT2D eigenvalue weighted by Gasteiger charge is -2.09. The number of hydrogen-bond acceptors (Lipinski definition) is 5. The number of nitrogen functional groups attached to an aromatic ring is 1. The molecule has 0 aliphatic heterocycles. The van der Waals surface area contributed by atoms with Crippen LogP contribution < -0.4 is 15.8 Å². The molecule has 3 N–H and O–H groups in total. The van der Waals surface area contributed by atoms with Gasteiger partial charge in [0, 0.05) is 23.5 Å². The van der Waals surface area contributed by atoms with Gasteiger partial charge >= 0.3 is 0 Å². The predicted molar refractivity (Wildman–Crippen MR) is 80.0 cm³/mol. The molecule has 6 nitrogen and oxygen atoms in total. The monoisotopic (exact) mass is 286 g/mol. The maximum Gasteiger partial charge on any atom is 0.251 e. The molecule has 0 saturated carbocycles. The van der Waals surface area contributed by atoms with Gasteiger partial charge in [-0.1, -0.05) is 0 Å². The summed E-state index contributed by atoms with van der Waals surface area (Å²) >= 11 is 0. The predicted octanol–water partition coefficient (Wildman–Crippen LogP) is 1.70. The van der Waals surface area contributed by atoms with Gasteiger partial charge in [-0.15, -0.1) is 0 Å². The Balaban J connectivity index is 2.06. The fourth-order valence-electron chi connectivity index (χ4n) is 1.88. The van der Waals surface area contributed by atoms with E-state index in [4.69, 9.17) is 10.5 Å². The van der Waals surface area contributed by atoms with Crippen LogP contribution in [0.5, 0.6) is 5.75 Å². The first-order chi connectivity index (χ1) is 10.1. The molecule has 1 aromatic carbocycles. The summed E-state index contributed by atoms with van der Waals surface area (Å²) in [4.78, 5) is 20.4. The second kappa shape index (κ2) is 6.69. The van der Waals surface area contributed by atoms with Crippen LogP contribution in [0.25, 0.3) is 0 Å². The Bertz CT molecular complexity index is 643. The molecule has 0 fully saturated rings. The molecule has 0 radical (unpaired) electrons. The minimum atomic E-state index is -0.223. The van der Waals surface area contributed by atoms with Gasteiger partial charge in [0.25, 0.3) is 5.91 Å². The molecule has 21 heavy (non-hydrogen) atoms. The van der Waals surface area contributed by atoms with Crippen LogP contribution in [0, 0.1) is 6.92 Å². The van der Waals surface area contributed by atoms with E-state index in [1.807, 2.05) is 6.92 Å². The van der Waals surface area contributed by atoms with Crippen molar-refractivity contribution >= 4 is 11.6 Å². The summed E-state index contributed by atoms with van der Waals surface area (Å²) in [6.07, 6.45) is 1.66. The van der Waals surface area contributed by atoms with Crippen LogP contribution in [-0.2, 0) is 6.54 Å². The molecular weight excluding hydrogens is 268 g/mol. The van der Waals surface area contributed by atoms with E-state index < -0.39 is 0 Å². The van der Waals surface area contributed by atoms with Gasteiger partial charge in [0.05, 0.1) is 18.8 Å². The smallest absolute Gasteiger partial charge is 0.251 e. The first-order valence-corrected chi connectivity index (χ1v) is 6.68. The SMILES string of the molecule is CCOc1cc(N)cc(C(=O)NCc2ccnc(C)n2)c1. The van der Waals surface area contributed by atoms with E-state index in [-0.39, 0.29) is 5.91 Å². The average molecular weight is 286 g/mol. The lowest BCUT2D eigenvalue weighted by molar-refractivity contribution is 0.0950. The van der Waals surface area contributed by atoms with Crippen molar-refractivity contribution in [1.82, 2.24) is 15.3 Å². The lowest BCUT2D eigenvalue weighted by Crippen LogP contribution is -2.23. The molecule has 1 heterocycles. The molecular formula is C15H18N4O2. The maximum absolute atomic E-state index is 12.1. The number of ether oxygens (including phenoxy) is 1. The Morgan fingerprint density at radius 1 is 1.38 bits per heavy atom. The number of benzene rings is 1. The number of nitrogens with one attached hydrogen (secondary N) is 1. The highest BCUT2D eigenvalue weighted by Gasteiger charge is 2.09. The zero-order valence-electron chi connectivity index (χ0n) is 12.1. The topological polar surface area (TPSA) is 90.1 Å². The van der Waals surface area contributed by atoms with Gasteiger partial charge in [-0.3, -0.25) is 4.79 Å². The summed E-state index contributed by atoms with van der Waals surface area (Å²) in [5.74, 6) is 1.03. The van der Waals surface area contributed by atoms with E-state index in [0.717, 1.165) is 5.69 Å². The minimum absolute atomic E-state index is 0.223. The van der Waals surface area contributed by atoms with Gasteiger partial charge in [0.1, 0.15) is 11.6 Å². The van der Waals surface area contributed by atoms with E-state index in [0.29, 0.717) is 36.0 Å². The Kier molecular flexibility index (Phi) is 4.71. The third-order valence-electron chi connectivity index (χ3n) is 2.77. The normalized spacial score (nSPS) is 10.2. The van der Waals surface area contributed by atoms with Gasteiger partial charge in [-0.2, -0.15) is 0 Å². The highest BCUT2D eigenvalue weighted by Crippen LogP contribution is 2.19. The van der Waals surface area contributed by atoms with Crippen LogP contribution in [0.1, 0.15) is 28.8 Å². The molecule has 6 heteroatoms. The number of nitrogens with two attached hydrogens (primary N) is 1. The minimum Gasteiger partial charge on any atom is -0.494 e. The van der Waals surface area contributed by atoms with Crippen LogP contribution in [0.15, 0.2) is 30.5 Å². The van der Waals surface area contributed by atoms with Crippen molar-refractivity contribution in [2.75, 3.05) is 12.3 Å². The van der Waals surface area contributed by atoms with Gasteiger partial charge < -0.3 is 15.8 Å². The number of carbonyl (C=O) groups excluding carboxylic acids is 1. The van der Waals surface area contributed by atoms with Gasteiger partial charge in [-0.05, 0) is 32.0 Å². The Hall–Kier alpha value is -2.63. The zero-order valence-corrected chi connectivity index (χ0v) is 12.1. The number of hydrogen-bond donors (Lipinski definition) is 2. The van der Waals surface area contributed by atoms with Gasteiger partial charge in [0.2, 0.25) is 0 Å². The molecule has 1 amide bonds. The Morgan fingerprint density at radius 3 is 2.90 bits per heavy atom. The van der Waals surface area contributed by atoms with Crippen molar-refractivity contribution < 1.29 is 9.53 Å². The zero-order chi connectivity index (χ0) is 15.2. The molecule has 0 saturated heterocycles. The standard InChI is InChI=1S/C15H18N4O2/c1-3-21-14-7-11(6-12(16)8-14)15(20)18-9-13-4-5-17-10(2)19-13/h4-8H,3,9,16H2,1-2H3,(H,18,20). The van der Waals surface area contributed by atoms with E-state index in [9.17, 15) is 4.79 Å². The first kappa shape index (κ1) is 14.8. The summed E-state index contributed by atoms with van der Waals surface area (Å²) in [6, 6.07) is 6.73. The summed E-state index contributed by atoms with van der Waals surface area (Å²) in [7, 11) is 0. The molecule has 1 aromatic heterocycles. The number of amides is 1. The highest BCUT2D eigenvalue weighted by molar-refractivity contribution is 5.95. The summed E-state index contributed by atoms with van der Waals surface area (Å²) in [5.41, 5.74) is 7.48. The van der Waals surface area contributed by atoms with Crippen molar-refractivity contribution in [3.05, 3.63) is 47.5 Å². The number of anilines is 1. The molecule has 0 bridgehead atoms. The van der Waals surface area contributed by atoms with E-state index >= 15 is 0 Å². The highest BCUT2D eigenvalue weighted by atomic mass is 16.5. The van der Waals surface area contributed by atoms with Crippen molar-refractivity contribution in [2.45, 2.75) is 20.4 Å². The van der Waals surface area contributed by atoms with E-state index in [2.05, 4.69) is 15.3 Å². The molecule has 0 aliphatic rings. The van der Waals surface area contributed by atoms with Gasteiger partial charge in [-0.25, -0.2) is 9.97 Å². The van der Waals surface area contributed by atoms with Gasteiger partial charge in [0.15, 0.2) is 0 Å². The maximum atomic E-state index is 12.1. The van der Waals surface area contributed by atoms with Crippen molar-refractivity contribution in [3.63, 3.8) is 0 Å². The number of aromatic nitrogens is 2. The van der Waals surface area contributed by atoms with Crippen LogP contribution in [0.4, 0.5) is 5.69 Å². The van der Waals surface area contributed by atoms with E-state index in [1.165, 1.54) is 0 Å². The largest absolute Gasteiger partial charge is 0.494 e. The Morgan fingerprint density at radius 2 is 2.19 bits per heavy atom. The second-order valence-electron chi connectivity index (χ2n) is 4.50. The molecule has 110 valence electrons. The molecule has 0 atom stereocenters. The fraction of sp³-hybridized carbons (Fsp3) is 0.267. The van der Waals surface area contributed by atoms with Crippen LogP contribution in [0.2, 0.25) is 0 Å². The number of carbonyl (C=O) groups is 1. The third-order valence-corrected chi connectivity index (χ3v) is 2.77. The second-order valence-corrected chi connectivity index (χ2v) is 4.50. The Labute approximate surface area is 123 Å². The van der Waals surface area contributed by atoms with E-state index in [1.54, 1.807) is 37.4 Å². The summed E-state index contributed by atoms with van der Waals surface area (Å²) < 4.78 is 5.38. The molecule has 2 rings (SSSR count). The van der Waals surface area contributed by atoms with Crippen LogP contribution >= 0.6 is 0 Å². The van der Waals surface area contributed by atoms with Crippen molar-refractivity contribution in [3.8, 4) is 5.75 Å². The molecule has 2 aromatic rings.